The third kappa shape index (κ3) is 2.02. The summed E-state index contributed by atoms with van der Waals surface area (Å²) < 4.78 is 0. The lowest BCUT2D eigenvalue weighted by Crippen LogP contribution is -2.35. The Hall–Kier alpha value is -0.960. The lowest BCUT2D eigenvalue weighted by atomic mass is 9.76. The molecule has 0 amide bonds. The van der Waals surface area contributed by atoms with Crippen molar-refractivity contribution in [3.05, 3.63) is 12.2 Å². The minimum absolute atomic E-state index is 0.00164. The lowest BCUT2D eigenvalue weighted by Gasteiger charge is -2.28. The highest BCUT2D eigenvalue weighted by atomic mass is 16.3. The number of carbonyl (C=O) groups is 2. The fourth-order valence-corrected chi connectivity index (χ4v) is 2.67. The van der Waals surface area contributed by atoms with Crippen LogP contribution in [-0.2, 0) is 9.59 Å². The van der Waals surface area contributed by atoms with Crippen molar-refractivity contribution in [2.24, 2.45) is 11.8 Å². The molecule has 1 N–H and O–H groups in total. The van der Waals surface area contributed by atoms with Gasteiger partial charge in [0.25, 0.3) is 0 Å². The molecule has 2 rings (SSSR count). The molecule has 2 aliphatic rings. The summed E-state index contributed by atoms with van der Waals surface area (Å²) in [5.41, 5.74) is -0.791. The van der Waals surface area contributed by atoms with Gasteiger partial charge in [-0.2, -0.15) is 0 Å². The second kappa shape index (κ2) is 3.56. The molecule has 0 bridgehead atoms. The van der Waals surface area contributed by atoms with Crippen molar-refractivity contribution in [2.75, 3.05) is 0 Å². The summed E-state index contributed by atoms with van der Waals surface area (Å²) in [7, 11) is 0. The standard InChI is InChI=1S/C12H16O3/c1-12(15)6-2-3-8-9(7-12)11(14)5-4-10(8)13/h4-5,8-9,15H,2-3,6-7H2,1H3. The van der Waals surface area contributed by atoms with E-state index in [2.05, 4.69) is 0 Å². The molecule has 0 saturated heterocycles. The molecule has 2 aliphatic carbocycles. The van der Waals surface area contributed by atoms with Gasteiger partial charge in [0, 0.05) is 11.8 Å². The number of allylic oxidation sites excluding steroid dienone is 2. The van der Waals surface area contributed by atoms with E-state index in [1.54, 1.807) is 6.92 Å². The van der Waals surface area contributed by atoms with Gasteiger partial charge in [-0.15, -0.1) is 0 Å². The molecule has 3 heteroatoms. The van der Waals surface area contributed by atoms with Crippen LogP contribution in [-0.4, -0.2) is 22.3 Å². The fraction of sp³-hybridized carbons (Fsp3) is 0.667. The van der Waals surface area contributed by atoms with Gasteiger partial charge in [-0.25, -0.2) is 0 Å². The van der Waals surface area contributed by atoms with Gasteiger partial charge < -0.3 is 5.11 Å². The Morgan fingerprint density at radius 3 is 2.53 bits per heavy atom. The molecule has 0 aromatic heterocycles. The molecule has 0 heterocycles. The van der Waals surface area contributed by atoms with Crippen molar-refractivity contribution >= 4 is 11.6 Å². The second-order valence-electron chi connectivity index (χ2n) is 4.94. The third-order valence-corrected chi connectivity index (χ3v) is 3.52. The Kier molecular flexibility index (Phi) is 2.51. The number of rotatable bonds is 0. The highest BCUT2D eigenvalue weighted by Gasteiger charge is 2.41. The first kappa shape index (κ1) is 10.6. The van der Waals surface area contributed by atoms with Gasteiger partial charge >= 0.3 is 0 Å². The Labute approximate surface area is 89.2 Å². The molecule has 15 heavy (non-hydrogen) atoms. The van der Waals surface area contributed by atoms with Gasteiger partial charge in [0.05, 0.1) is 5.60 Å². The zero-order chi connectivity index (χ0) is 11.1. The summed E-state index contributed by atoms with van der Waals surface area (Å²) in [6.07, 6.45) is 5.42. The molecule has 3 unspecified atom stereocenters. The number of hydrogen-bond donors (Lipinski definition) is 1. The number of fused-ring (bicyclic) bond motifs is 1. The molecule has 3 nitrogen and oxygen atoms in total. The number of hydrogen-bond acceptors (Lipinski definition) is 3. The van der Waals surface area contributed by atoms with Crippen LogP contribution in [0.2, 0.25) is 0 Å². The number of ketones is 2. The Bertz CT molecular complexity index is 328. The van der Waals surface area contributed by atoms with Crippen LogP contribution in [0.3, 0.4) is 0 Å². The molecule has 3 atom stereocenters. The lowest BCUT2D eigenvalue weighted by molar-refractivity contribution is -0.130. The van der Waals surface area contributed by atoms with Gasteiger partial charge in [-0.05, 0) is 44.8 Å². The van der Waals surface area contributed by atoms with Crippen molar-refractivity contribution in [1.82, 2.24) is 0 Å². The molecule has 0 aliphatic heterocycles. The molecule has 0 aromatic carbocycles. The first-order chi connectivity index (χ1) is 6.99. The van der Waals surface area contributed by atoms with Crippen LogP contribution in [0.25, 0.3) is 0 Å². The topological polar surface area (TPSA) is 54.4 Å². The monoisotopic (exact) mass is 208 g/mol. The van der Waals surface area contributed by atoms with Gasteiger partial charge in [0.1, 0.15) is 0 Å². The van der Waals surface area contributed by atoms with Gasteiger partial charge in [-0.3, -0.25) is 9.59 Å². The van der Waals surface area contributed by atoms with E-state index in [4.69, 9.17) is 0 Å². The quantitative estimate of drug-likeness (QED) is 0.652. The van der Waals surface area contributed by atoms with E-state index in [-0.39, 0.29) is 23.4 Å². The SMILES string of the molecule is CC1(O)CCCC2C(=O)C=CC(=O)C2C1. The maximum atomic E-state index is 11.7. The van der Waals surface area contributed by atoms with Crippen LogP contribution >= 0.6 is 0 Å². The predicted molar refractivity (Wildman–Crippen MR) is 55.2 cm³/mol. The molecular weight excluding hydrogens is 192 g/mol. The highest BCUT2D eigenvalue weighted by molar-refractivity contribution is 6.07. The minimum Gasteiger partial charge on any atom is -0.390 e. The van der Waals surface area contributed by atoms with E-state index in [1.807, 2.05) is 0 Å². The molecule has 1 saturated carbocycles. The van der Waals surface area contributed by atoms with Crippen molar-refractivity contribution < 1.29 is 14.7 Å². The van der Waals surface area contributed by atoms with Crippen LogP contribution in [0.15, 0.2) is 12.2 Å². The van der Waals surface area contributed by atoms with E-state index in [0.717, 1.165) is 12.8 Å². The Balaban J connectivity index is 2.28. The summed E-state index contributed by atoms with van der Waals surface area (Å²) >= 11 is 0. The second-order valence-corrected chi connectivity index (χ2v) is 4.94. The van der Waals surface area contributed by atoms with Crippen LogP contribution in [0.1, 0.15) is 32.6 Å². The molecule has 0 spiro atoms. The van der Waals surface area contributed by atoms with Crippen LogP contribution in [0.4, 0.5) is 0 Å². The van der Waals surface area contributed by atoms with Crippen molar-refractivity contribution in [1.29, 1.82) is 0 Å². The highest BCUT2D eigenvalue weighted by Crippen LogP contribution is 2.37. The first-order valence-electron chi connectivity index (χ1n) is 5.48. The van der Waals surface area contributed by atoms with E-state index in [1.165, 1.54) is 12.2 Å². The summed E-state index contributed by atoms with van der Waals surface area (Å²) in [6.45, 7) is 1.76. The van der Waals surface area contributed by atoms with Gasteiger partial charge in [-0.1, -0.05) is 0 Å². The molecule has 82 valence electrons. The number of carbonyl (C=O) groups excluding carboxylic acids is 2. The normalized spacial score (nSPS) is 41.2. The molecule has 0 aromatic rings. The minimum atomic E-state index is -0.791. The maximum absolute atomic E-state index is 11.7. The largest absolute Gasteiger partial charge is 0.390 e. The molecule has 0 radical (unpaired) electrons. The van der Waals surface area contributed by atoms with Gasteiger partial charge in [0.15, 0.2) is 11.6 Å². The maximum Gasteiger partial charge on any atom is 0.159 e. The van der Waals surface area contributed by atoms with E-state index in [9.17, 15) is 14.7 Å². The van der Waals surface area contributed by atoms with Gasteiger partial charge in [0.2, 0.25) is 0 Å². The van der Waals surface area contributed by atoms with Crippen LogP contribution in [0.5, 0.6) is 0 Å². The van der Waals surface area contributed by atoms with E-state index >= 15 is 0 Å². The molecular formula is C12H16O3. The third-order valence-electron chi connectivity index (χ3n) is 3.52. The van der Waals surface area contributed by atoms with Crippen molar-refractivity contribution in [3.63, 3.8) is 0 Å². The summed E-state index contributed by atoms with van der Waals surface area (Å²) in [5.74, 6) is -0.421. The zero-order valence-corrected chi connectivity index (χ0v) is 8.90. The predicted octanol–water partition coefficient (Wildman–Crippen LogP) is 1.25. The fourth-order valence-electron chi connectivity index (χ4n) is 2.67. The van der Waals surface area contributed by atoms with Crippen LogP contribution < -0.4 is 0 Å². The summed E-state index contributed by atoms with van der Waals surface area (Å²) in [5, 5.41) is 10.0. The van der Waals surface area contributed by atoms with Crippen LogP contribution in [0, 0.1) is 11.8 Å². The van der Waals surface area contributed by atoms with E-state index < -0.39 is 5.60 Å². The van der Waals surface area contributed by atoms with E-state index in [0.29, 0.717) is 12.8 Å². The zero-order valence-electron chi connectivity index (χ0n) is 8.90. The Morgan fingerprint density at radius 1 is 1.27 bits per heavy atom. The number of aliphatic hydroxyl groups is 1. The first-order valence-corrected chi connectivity index (χ1v) is 5.48. The smallest absolute Gasteiger partial charge is 0.159 e. The van der Waals surface area contributed by atoms with Crippen molar-refractivity contribution in [2.45, 2.75) is 38.2 Å². The average Bonchev–Trinajstić information content (AvgIpc) is 2.31. The molecule has 1 fully saturated rings. The Morgan fingerprint density at radius 2 is 1.87 bits per heavy atom. The summed E-state index contributed by atoms with van der Waals surface area (Å²) in [6, 6.07) is 0. The summed E-state index contributed by atoms with van der Waals surface area (Å²) in [4.78, 5) is 23.3. The average molecular weight is 208 g/mol. The van der Waals surface area contributed by atoms with Crippen molar-refractivity contribution in [3.8, 4) is 0 Å².